The van der Waals surface area contributed by atoms with E-state index in [1.165, 1.54) is 6.07 Å². The van der Waals surface area contributed by atoms with Crippen LogP contribution < -0.4 is 10.1 Å². The van der Waals surface area contributed by atoms with Crippen molar-refractivity contribution < 1.29 is 9.13 Å². The van der Waals surface area contributed by atoms with Crippen LogP contribution in [-0.4, -0.2) is 19.1 Å². The van der Waals surface area contributed by atoms with Crippen LogP contribution in [0.2, 0.25) is 0 Å². The molecule has 0 radical (unpaired) electrons. The van der Waals surface area contributed by atoms with Crippen molar-refractivity contribution in [3.05, 3.63) is 59.2 Å². The van der Waals surface area contributed by atoms with E-state index in [1.807, 2.05) is 13.0 Å². The van der Waals surface area contributed by atoms with Gasteiger partial charge in [-0.2, -0.15) is 0 Å². The van der Waals surface area contributed by atoms with Gasteiger partial charge in [0, 0.05) is 12.4 Å². The van der Waals surface area contributed by atoms with Gasteiger partial charge in [-0.05, 0) is 37.2 Å². The number of halogens is 1. The average molecular weight is 260 g/mol. The van der Waals surface area contributed by atoms with Gasteiger partial charge in [-0.3, -0.25) is 4.98 Å². The second-order valence-electron chi connectivity index (χ2n) is 4.37. The van der Waals surface area contributed by atoms with Gasteiger partial charge < -0.3 is 10.1 Å². The summed E-state index contributed by atoms with van der Waals surface area (Å²) in [5.74, 6) is 0.237. The number of methoxy groups -OCH3 is 1. The van der Waals surface area contributed by atoms with E-state index in [0.717, 1.165) is 11.1 Å². The molecule has 0 fully saturated rings. The second-order valence-corrected chi connectivity index (χ2v) is 4.37. The highest BCUT2D eigenvalue weighted by atomic mass is 19.1. The van der Waals surface area contributed by atoms with E-state index in [2.05, 4.69) is 10.3 Å². The molecule has 0 saturated heterocycles. The number of nitrogens with zero attached hydrogens (tertiary/aromatic N) is 1. The van der Waals surface area contributed by atoms with Crippen molar-refractivity contribution >= 4 is 0 Å². The Morgan fingerprint density at radius 2 is 2.11 bits per heavy atom. The third kappa shape index (κ3) is 2.74. The lowest BCUT2D eigenvalue weighted by Gasteiger charge is -2.20. The molecule has 0 aliphatic heterocycles. The molecule has 2 rings (SSSR count). The Bertz CT molecular complexity index is 572. The molecule has 3 nitrogen and oxygen atoms in total. The zero-order valence-electron chi connectivity index (χ0n) is 11.3. The van der Waals surface area contributed by atoms with Crippen LogP contribution in [0.3, 0.4) is 0 Å². The standard InChI is InChI=1S/C15H17FN2O/c1-10-7-11(9-18-8-10)15(17-2)14-12(16)5-4-6-13(14)19-3/h4-9,15,17H,1-3H3. The molecular weight excluding hydrogens is 243 g/mol. The molecule has 0 aliphatic carbocycles. The van der Waals surface area contributed by atoms with E-state index in [-0.39, 0.29) is 11.9 Å². The summed E-state index contributed by atoms with van der Waals surface area (Å²) in [7, 11) is 3.33. The first-order valence-corrected chi connectivity index (χ1v) is 6.08. The van der Waals surface area contributed by atoms with Crippen LogP contribution in [0.4, 0.5) is 4.39 Å². The number of hydrogen-bond donors (Lipinski definition) is 1. The summed E-state index contributed by atoms with van der Waals surface area (Å²) in [4.78, 5) is 4.16. The fourth-order valence-corrected chi connectivity index (χ4v) is 2.19. The topological polar surface area (TPSA) is 34.2 Å². The molecule has 1 unspecified atom stereocenters. The van der Waals surface area contributed by atoms with Gasteiger partial charge in [0.05, 0.1) is 18.7 Å². The summed E-state index contributed by atoms with van der Waals surface area (Å²) in [5.41, 5.74) is 2.44. The third-order valence-corrected chi connectivity index (χ3v) is 3.04. The van der Waals surface area contributed by atoms with Crippen LogP contribution in [0.1, 0.15) is 22.7 Å². The molecule has 1 heterocycles. The van der Waals surface area contributed by atoms with E-state index in [9.17, 15) is 4.39 Å². The van der Waals surface area contributed by atoms with Crippen LogP contribution in [-0.2, 0) is 0 Å². The summed E-state index contributed by atoms with van der Waals surface area (Å²) in [6.45, 7) is 1.96. The summed E-state index contributed by atoms with van der Waals surface area (Å²) < 4.78 is 19.4. The molecular formula is C15H17FN2O. The highest BCUT2D eigenvalue weighted by Crippen LogP contribution is 2.31. The summed E-state index contributed by atoms with van der Waals surface area (Å²) >= 11 is 0. The fraction of sp³-hybridized carbons (Fsp3) is 0.267. The summed E-state index contributed by atoms with van der Waals surface area (Å²) in [5, 5.41) is 3.12. The molecule has 1 atom stereocenters. The first kappa shape index (κ1) is 13.5. The average Bonchev–Trinajstić information content (AvgIpc) is 2.41. The molecule has 0 saturated carbocycles. The number of aryl methyl sites for hydroxylation is 1. The van der Waals surface area contributed by atoms with Gasteiger partial charge in [-0.1, -0.05) is 12.1 Å². The van der Waals surface area contributed by atoms with Crippen molar-refractivity contribution in [2.75, 3.05) is 14.2 Å². The van der Waals surface area contributed by atoms with Crippen molar-refractivity contribution in [3.8, 4) is 5.75 Å². The molecule has 1 aromatic heterocycles. The predicted octanol–water partition coefficient (Wildman–Crippen LogP) is 2.85. The van der Waals surface area contributed by atoms with Gasteiger partial charge in [-0.25, -0.2) is 4.39 Å². The molecule has 1 N–H and O–H groups in total. The molecule has 0 aliphatic rings. The SMILES string of the molecule is CNC(c1cncc(C)c1)c1c(F)cccc1OC. The Morgan fingerprint density at radius 3 is 2.74 bits per heavy atom. The minimum absolute atomic E-state index is 0.288. The van der Waals surface area contributed by atoms with Crippen molar-refractivity contribution in [1.29, 1.82) is 0 Å². The highest BCUT2D eigenvalue weighted by Gasteiger charge is 2.21. The maximum Gasteiger partial charge on any atom is 0.132 e. The molecule has 0 bridgehead atoms. The molecule has 1 aromatic carbocycles. The number of ether oxygens (including phenoxy) is 1. The Labute approximate surface area is 112 Å². The van der Waals surface area contributed by atoms with E-state index in [1.54, 1.807) is 38.7 Å². The minimum Gasteiger partial charge on any atom is -0.496 e. The van der Waals surface area contributed by atoms with Crippen LogP contribution in [0.5, 0.6) is 5.75 Å². The second kappa shape index (κ2) is 5.80. The smallest absolute Gasteiger partial charge is 0.132 e. The molecule has 0 spiro atoms. The number of rotatable bonds is 4. The fourth-order valence-electron chi connectivity index (χ4n) is 2.19. The van der Waals surface area contributed by atoms with E-state index >= 15 is 0 Å². The summed E-state index contributed by atoms with van der Waals surface area (Å²) in [6, 6.07) is 6.53. The van der Waals surface area contributed by atoms with Gasteiger partial charge in [0.2, 0.25) is 0 Å². The van der Waals surface area contributed by atoms with Gasteiger partial charge in [-0.15, -0.1) is 0 Å². The Kier molecular flexibility index (Phi) is 4.12. The van der Waals surface area contributed by atoms with Crippen LogP contribution in [0.15, 0.2) is 36.7 Å². The number of hydrogen-bond acceptors (Lipinski definition) is 3. The lowest BCUT2D eigenvalue weighted by molar-refractivity contribution is 0.398. The quantitative estimate of drug-likeness (QED) is 0.918. The minimum atomic E-state index is -0.291. The van der Waals surface area contributed by atoms with Crippen molar-refractivity contribution in [2.24, 2.45) is 0 Å². The lowest BCUT2D eigenvalue weighted by Crippen LogP contribution is -2.20. The first-order chi connectivity index (χ1) is 9.17. The molecule has 2 aromatic rings. The van der Waals surface area contributed by atoms with Gasteiger partial charge in [0.25, 0.3) is 0 Å². The zero-order chi connectivity index (χ0) is 13.8. The molecule has 100 valence electrons. The zero-order valence-corrected chi connectivity index (χ0v) is 11.3. The lowest BCUT2D eigenvalue weighted by atomic mass is 9.98. The number of nitrogens with one attached hydrogen (secondary N) is 1. The largest absolute Gasteiger partial charge is 0.496 e. The van der Waals surface area contributed by atoms with Gasteiger partial charge >= 0.3 is 0 Å². The van der Waals surface area contributed by atoms with Crippen molar-refractivity contribution in [3.63, 3.8) is 0 Å². The monoisotopic (exact) mass is 260 g/mol. The highest BCUT2D eigenvalue weighted by molar-refractivity contribution is 5.42. The Hall–Kier alpha value is -1.94. The van der Waals surface area contributed by atoms with E-state index in [4.69, 9.17) is 4.74 Å². The molecule has 19 heavy (non-hydrogen) atoms. The number of pyridine rings is 1. The first-order valence-electron chi connectivity index (χ1n) is 6.08. The normalized spacial score (nSPS) is 12.2. The number of benzene rings is 1. The number of aromatic nitrogens is 1. The van der Waals surface area contributed by atoms with E-state index < -0.39 is 0 Å². The molecule has 4 heteroatoms. The van der Waals surface area contributed by atoms with Gasteiger partial charge in [0.1, 0.15) is 11.6 Å². The Balaban J connectivity index is 2.54. The van der Waals surface area contributed by atoms with Gasteiger partial charge in [0.15, 0.2) is 0 Å². The third-order valence-electron chi connectivity index (χ3n) is 3.04. The van der Waals surface area contributed by atoms with Crippen LogP contribution in [0, 0.1) is 12.7 Å². The van der Waals surface area contributed by atoms with E-state index in [0.29, 0.717) is 11.3 Å². The summed E-state index contributed by atoms with van der Waals surface area (Å²) in [6.07, 6.45) is 3.51. The Morgan fingerprint density at radius 1 is 1.32 bits per heavy atom. The predicted molar refractivity (Wildman–Crippen MR) is 72.8 cm³/mol. The van der Waals surface area contributed by atoms with Crippen LogP contribution >= 0.6 is 0 Å². The maximum atomic E-state index is 14.1. The maximum absolute atomic E-state index is 14.1. The van der Waals surface area contributed by atoms with Crippen molar-refractivity contribution in [1.82, 2.24) is 10.3 Å². The molecule has 0 amide bonds. The van der Waals surface area contributed by atoms with Crippen LogP contribution in [0.25, 0.3) is 0 Å². The van der Waals surface area contributed by atoms with Crippen molar-refractivity contribution in [2.45, 2.75) is 13.0 Å².